The first-order chi connectivity index (χ1) is 18.6. The minimum atomic E-state index is -0.109. The Hall–Kier alpha value is -4.40. The standard InChI is InChI=1S/C33H32N4O/c1-2-25-10-12-28(13-11-25)31-8-3-4-9-32(31)33(38)35-29-14-16-30(17-15-29)37-20-18-36(19-21-37)24-27-7-5-6-26(22-27)23-34/h3-17,22H,2,18-21,24H2,1H3,(H,35,38). The topological polar surface area (TPSA) is 59.4 Å². The summed E-state index contributed by atoms with van der Waals surface area (Å²) in [7, 11) is 0. The molecule has 5 heteroatoms. The SMILES string of the molecule is CCc1ccc(-c2ccccc2C(=O)Nc2ccc(N3CCN(Cc4cccc(C#N)c4)CC3)cc2)cc1. The molecule has 1 aliphatic heterocycles. The lowest BCUT2D eigenvalue weighted by Gasteiger charge is -2.36. The fraction of sp³-hybridized carbons (Fsp3) is 0.212. The molecule has 1 heterocycles. The first-order valence-electron chi connectivity index (χ1n) is 13.2. The van der Waals surface area contributed by atoms with E-state index >= 15 is 0 Å². The van der Waals surface area contributed by atoms with Gasteiger partial charge in [0, 0.05) is 49.7 Å². The molecular weight excluding hydrogens is 468 g/mol. The van der Waals surface area contributed by atoms with Crippen LogP contribution in [0, 0.1) is 11.3 Å². The van der Waals surface area contributed by atoms with E-state index < -0.39 is 0 Å². The van der Waals surface area contributed by atoms with Crippen LogP contribution >= 0.6 is 0 Å². The van der Waals surface area contributed by atoms with Crippen molar-refractivity contribution >= 4 is 17.3 Å². The van der Waals surface area contributed by atoms with E-state index in [9.17, 15) is 4.79 Å². The van der Waals surface area contributed by atoms with Crippen molar-refractivity contribution in [2.24, 2.45) is 0 Å². The molecule has 4 aromatic rings. The Balaban J connectivity index is 1.19. The average Bonchev–Trinajstić information content (AvgIpc) is 2.98. The molecule has 190 valence electrons. The van der Waals surface area contributed by atoms with Gasteiger partial charge in [0.1, 0.15) is 0 Å². The number of hydrogen-bond donors (Lipinski definition) is 1. The quantitative estimate of drug-likeness (QED) is 0.321. The molecule has 0 aliphatic carbocycles. The molecule has 1 fully saturated rings. The van der Waals surface area contributed by atoms with Crippen molar-refractivity contribution in [2.45, 2.75) is 19.9 Å². The van der Waals surface area contributed by atoms with E-state index in [4.69, 9.17) is 5.26 Å². The van der Waals surface area contributed by atoms with Gasteiger partial charge in [-0.2, -0.15) is 5.26 Å². The number of hydrogen-bond acceptors (Lipinski definition) is 4. The monoisotopic (exact) mass is 500 g/mol. The number of piperazine rings is 1. The summed E-state index contributed by atoms with van der Waals surface area (Å²) in [6, 6.07) is 34.4. The number of nitriles is 1. The first kappa shape index (κ1) is 25.3. The molecule has 38 heavy (non-hydrogen) atoms. The summed E-state index contributed by atoms with van der Waals surface area (Å²) >= 11 is 0. The largest absolute Gasteiger partial charge is 0.369 e. The molecular formula is C33H32N4O. The lowest BCUT2D eigenvalue weighted by atomic mass is 9.98. The van der Waals surface area contributed by atoms with Crippen LogP contribution in [0.5, 0.6) is 0 Å². The molecule has 1 amide bonds. The minimum absolute atomic E-state index is 0.109. The maximum atomic E-state index is 13.2. The maximum Gasteiger partial charge on any atom is 0.256 e. The van der Waals surface area contributed by atoms with Gasteiger partial charge in [0.05, 0.1) is 11.6 Å². The third-order valence-corrected chi connectivity index (χ3v) is 7.17. The van der Waals surface area contributed by atoms with Crippen LogP contribution < -0.4 is 10.2 Å². The van der Waals surface area contributed by atoms with Crippen molar-refractivity contribution in [1.29, 1.82) is 5.26 Å². The lowest BCUT2D eigenvalue weighted by molar-refractivity contribution is 0.102. The van der Waals surface area contributed by atoms with Gasteiger partial charge in [0.2, 0.25) is 0 Å². The van der Waals surface area contributed by atoms with Crippen LogP contribution in [0.2, 0.25) is 0 Å². The first-order valence-corrected chi connectivity index (χ1v) is 13.2. The van der Waals surface area contributed by atoms with Gasteiger partial charge >= 0.3 is 0 Å². The number of amides is 1. The third-order valence-electron chi connectivity index (χ3n) is 7.17. The maximum absolute atomic E-state index is 13.2. The Labute approximate surface area is 225 Å². The van der Waals surface area contributed by atoms with Gasteiger partial charge in [-0.25, -0.2) is 0 Å². The Kier molecular flexibility index (Phi) is 7.82. The summed E-state index contributed by atoms with van der Waals surface area (Å²) in [5, 5.41) is 12.2. The normalized spacial score (nSPS) is 13.6. The highest BCUT2D eigenvalue weighted by Crippen LogP contribution is 2.26. The number of benzene rings is 4. The molecule has 0 atom stereocenters. The minimum Gasteiger partial charge on any atom is -0.369 e. The third kappa shape index (κ3) is 5.94. The summed E-state index contributed by atoms with van der Waals surface area (Å²) in [5.74, 6) is -0.109. The van der Waals surface area contributed by atoms with Crippen LogP contribution in [-0.4, -0.2) is 37.0 Å². The molecule has 1 saturated heterocycles. The second-order valence-corrected chi connectivity index (χ2v) is 9.67. The van der Waals surface area contributed by atoms with Crippen molar-refractivity contribution in [2.75, 3.05) is 36.4 Å². The summed E-state index contributed by atoms with van der Waals surface area (Å²) < 4.78 is 0. The highest BCUT2D eigenvalue weighted by atomic mass is 16.1. The van der Waals surface area contributed by atoms with Gasteiger partial charge in [-0.15, -0.1) is 0 Å². The van der Waals surface area contributed by atoms with Crippen LogP contribution in [0.1, 0.15) is 34.0 Å². The fourth-order valence-corrected chi connectivity index (χ4v) is 4.97. The van der Waals surface area contributed by atoms with Gasteiger partial charge in [-0.1, -0.05) is 61.5 Å². The van der Waals surface area contributed by atoms with E-state index in [0.29, 0.717) is 11.1 Å². The van der Waals surface area contributed by atoms with Crippen LogP contribution in [-0.2, 0) is 13.0 Å². The molecule has 1 N–H and O–H groups in total. The van der Waals surface area contributed by atoms with Crippen LogP contribution in [0.4, 0.5) is 11.4 Å². The number of aryl methyl sites for hydroxylation is 1. The van der Waals surface area contributed by atoms with E-state index in [0.717, 1.165) is 61.6 Å². The van der Waals surface area contributed by atoms with Crippen LogP contribution in [0.3, 0.4) is 0 Å². The molecule has 4 aromatic carbocycles. The predicted octanol–water partition coefficient (Wildman–Crippen LogP) is 6.36. The number of carbonyl (C=O) groups excluding carboxylic acids is 1. The number of rotatable bonds is 7. The predicted molar refractivity (Wildman–Crippen MR) is 154 cm³/mol. The molecule has 0 aromatic heterocycles. The summed E-state index contributed by atoms with van der Waals surface area (Å²) in [4.78, 5) is 18.0. The highest BCUT2D eigenvalue weighted by molar-refractivity contribution is 6.08. The number of anilines is 2. The zero-order valence-corrected chi connectivity index (χ0v) is 21.7. The van der Waals surface area contributed by atoms with E-state index in [1.54, 1.807) is 0 Å². The zero-order valence-electron chi connectivity index (χ0n) is 21.7. The average molecular weight is 501 g/mol. The summed E-state index contributed by atoms with van der Waals surface area (Å²) in [6.07, 6.45) is 0.992. The van der Waals surface area contributed by atoms with E-state index in [1.165, 1.54) is 11.1 Å². The highest BCUT2D eigenvalue weighted by Gasteiger charge is 2.18. The van der Waals surface area contributed by atoms with Gasteiger partial charge in [-0.05, 0) is 71.1 Å². The van der Waals surface area contributed by atoms with Crippen molar-refractivity contribution in [3.05, 3.63) is 119 Å². The number of carbonyl (C=O) groups is 1. The Bertz CT molecular complexity index is 1430. The second kappa shape index (κ2) is 11.8. The van der Waals surface area contributed by atoms with Crippen LogP contribution in [0.15, 0.2) is 97.1 Å². The molecule has 0 saturated carbocycles. The molecule has 1 aliphatic rings. The van der Waals surface area contributed by atoms with E-state index in [-0.39, 0.29) is 5.91 Å². The Morgan fingerprint density at radius 3 is 2.29 bits per heavy atom. The van der Waals surface area contributed by atoms with Gasteiger partial charge < -0.3 is 10.2 Å². The van der Waals surface area contributed by atoms with E-state index in [2.05, 4.69) is 70.6 Å². The Morgan fingerprint density at radius 1 is 0.842 bits per heavy atom. The van der Waals surface area contributed by atoms with Crippen molar-refractivity contribution in [3.63, 3.8) is 0 Å². The second-order valence-electron chi connectivity index (χ2n) is 9.67. The van der Waals surface area contributed by atoms with Gasteiger partial charge in [0.25, 0.3) is 5.91 Å². The van der Waals surface area contributed by atoms with Crippen LogP contribution in [0.25, 0.3) is 11.1 Å². The van der Waals surface area contributed by atoms with Crippen molar-refractivity contribution < 1.29 is 4.79 Å². The smallest absolute Gasteiger partial charge is 0.256 e. The summed E-state index contributed by atoms with van der Waals surface area (Å²) in [5.41, 5.74) is 7.75. The molecule has 0 radical (unpaired) electrons. The Morgan fingerprint density at radius 2 is 1.58 bits per heavy atom. The molecule has 0 bridgehead atoms. The molecule has 0 unspecified atom stereocenters. The molecule has 5 rings (SSSR count). The molecule has 5 nitrogen and oxygen atoms in total. The number of nitrogens with one attached hydrogen (secondary N) is 1. The summed E-state index contributed by atoms with van der Waals surface area (Å²) in [6.45, 7) is 6.80. The zero-order chi connectivity index (χ0) is 26.3. The molecule has 0 spiro atoms. The van der Waals surface area contributed by atoms with Gasteiger partial charge in [-0.3, -0.25) is 9.69 Å². The van der Waals surface area contributed by atoms with Crippen molar-refractivity contribution in [3.8, 4) is 17.2 Å². The van der Waals surface area contributed by atoms with Crippen molar-refractivity contribution in [1.82, 2.24) is 4.90 Å². The van der Waals surface area contributed by atoms with E-state index in [1.807, 2.05) is 54.6 Å². The lowest BCUT2D eigenvalue weighted by Crippen LogP contribution is -2.45. The number of nitrogens with zero attached hydrogens (tertiary/aromatic N) is 3. The fourth-order valence-electron chi connectivity index (χ4n) is 4.97. The van der Waals surface area contributed by atoms with Gasteiger partial charge in [0.15, 0.2) is 0 Å².